The largest absolute Gasteiger partial charge is 0.497 e. The maximum absolute atomic E-state index is 11.9. The molecular weight excluding hydrogens is 342 g/mol. The summed E-state index contributed by atoms with van der Waals surface area (Å²) in [5.74, 6) is 2.15. The summed E-state index contributed by atoms with van der Waals surface area (Å²) in [6, 6.07) is 15.4. The van der Waals surface area contributed by atoms with Gasteiger partial charge in [-0.3, -0.25) is 9.78 Å². The molecule has 27 heavy (non-hydrogen) atoms. The lowest BCUT2D eigenvalue weighted by molar-refractivity contribution is -0.143. The van der Waals surface area contributed by atoms with Crippen LogP contribution in [0.3, 0.4) is 0 Å². The number of rotatable bonds is 9. The Bertz CT molecular complexity index is 840. The van der Waals surface area contributed by atoms with Gasteiger partial charge in [0.25, 0.3) is 0 Å². The molecule has 0 radical (unpaired) electrons. The van der Waals surface area contributed by atoms with Gasteiger partial charge in [-0.1, -0.05) is 0 Å². The Kier molecular flexibility index (Phi) is 6.63. The quantitative estimate of drug-likeness (QED) is 0.414. The zero-order chi connectivity index (χ0) is 18.9. The molecule has 0 saturated carbocycles. The fourth-order valence-electron chi connectivity index (χ4n) is 2.73. The highest BCUT2D eigenvalue weighted by Crippen LogP contribution is 2.25. The number of hydrogen-bond acceptors (Lipinski definition) is 5. The summed E-state index contributed by atoms with van der Waals surface area (Å²) in [5.41, 5.74) is 2.17. The van der Waals surface area contributed by atoms with Crippen molar-refractivity contribution in [3.05, 3.63) is 72.2 Å². The van der Waals surface area contributed by atoms with Crippen molar-refractivity contribution in [3.8, 4) is 17.1 Å². The summed E-state index contributed by atoms with van der Waals surface area (Å²) in [6.07, 6.45) is 6.05. The molecule has 0 aliphatic heterocycles. The van der Waals surface area contributed by atoms with E-state index in [1.165, 1.54) is 5.56 Å². The zero-order valence-electron chi connectivity index (χ0n) is 15.4. The third-order valence-corrected chi connectivity index (χ3v) is 4.23. The van der Waals surface area contributed by atoms with Crippen molar-refractivity contribution < 1.29 is 18.7 Å². The van der Waals surface area contributed by atoms with Crippen LogP contribution in [0.4, 0.5) is 0 Å². The highest BCUT2D eigenvalue weighted by atomic mass is 16.5. The Morgan fingerprint density at radius 3 is 2.52 bits per heavy atom. The number of hydrogen-bond donors (Lipinski definition) is 0. The summed E-state index contributed by atoms with van der Waals surface area (Å²) >= 11 is 0. The molecule has 0 saturated heterocycles. The van der Waals surface area contributed by atoms with Gasteiger partial charge in [0.2, 0.25) is 0 Å². The first-order valence-electron chi connectivity index (χ1n) is 9.02. The molecule has 1 aromatic carbocycles. The third-order valence-electron chi connectivity index (χ3n) is 4.23. The lowest BCUT2D eigenvalue weighted by Crippen LogP contribution is -2.07. The van der Waals surface area contributed by atoms with Crippen molar-refractivity contribution in [2.45, 2.75) is 25.7 Å². The zero-order valence-corrected chi connectivity index (χ0v) is 15.4. The Hall–Kier alpha value is -3.08. The number of aromatic nitrogens is 1. The van der Waals surface area contributed by atoms with Gasteiger partial charge in [-0.25, -0.2) is 0 Å². The summed E-state index contributed by atoms with van der Waals surface area (Å²) < 4.78 is 16.3. The molecule has 0 aliphatic rings. The van der Waals surface area contributed by atoms with Gasteiger partial charge in [0, 0.05) is 24.4 Å². The van der Waals surface area contributed by atoms with Crippen molar-refractivity contribution in [2.75, 3.05) is 13.7 Å². The van der Waals surface area contributed by atoms with E-state index in [1.807, 2.05) is 48.5 Å². The van der Waals surface area contributed by atoms with Crippen LogP contribution in [-0.4, -0.2) is 24.7 Å². The number of ether oxygens (including phenoxy) is 2. The van der Waals surface area contributed by atoms with Crippen LogP contribution in [0.5, 0.6) is 5.75 Å². The topological polar surface area (TPSA) is 61.6 Å². The summed E-state index contributed by atoms with van der Waals surface area (Å²) in [4.78, 5) is 15.9. The Morgan fingerprint density at radius 2 is 1.78 bits per heavy atom. The van der Waals surface area contributed by atoms with Crippen molar-refractivity contribution >= 4 is 5.97 Å². The predicted molar refractivity (Wildman–Crippen MR) is 103 cm³/mol. The smallest absolute Gasteiger partial charge is 0.306 e. The first kappa shape index (κ1) is 18.7. The minimum absolute atomic E-state index is 0.202. The number of aryl methyl sites for hydroxylation is 2. The van der Waals surface area contributed by atoms with Crippen LogP contribution in [0, 0.1) is 0 Å². The minimum atomic E-state index is -0.202. The van der Waals surface area contributed by atoms with Crippen molar-refractivity contribution in [3.63, 3.8) is 0 Å². The van der Waals surface area contributed by atoms with Crippen LogP contribution in [0.15, 0.2) is 65.3 Å². The van der Waals surface area contributed by atoms with E-state index in [2.05, 4.69) is 4.98 Å². The number of carbonyl (C=O) groups is 1. The van der Waals surface area contributed by atoms with E-state index in [1.54, 1.807) is 19.5 Å². The number of nitrogens with zero attached hydrogens (tertiary/aromatic N) is 1. The normalized spacial score (nSPS) is 10.6. The van der Waals surface area contributed by atoms with Crippen LogP contribution in [-0.2, 0) is 22.4 Å². The Balaban J connectivity index is 1.39. The molecule has 2 aromatic heterocycles. The highest BCUT2D eigenvalue weighted by Gasteiger charge is 2.09. The molecule has 0 bridgehead atoms. The molecule has 0 N–H and O–H groups in total. The van der Waals surface area contributed by atoms with Gasteiger partial charge in [0.05, 0.1) is 20.1 Å². The van der Waals surface area contributed by atoms with Crippen LogP contribution in [0.1, 0.15) is 24.2 Å². The summed E-state index contributed by atoms with van der Waals surface area (Å²) in [7, 11) is 1.64. The second-order valence-corrected chi connectivity index (χ2v) is 6.17. The summed E-state index contributed by atoms with van der Waals surface area (Å²) in [6.45, 7) is 0.427. The number of esters is 1. The van der Waals surface area contributed by atoms with Crippen molar-refractivity contribution in [1.29, 1.82) is 0 Å². The van der Waals surface area contributed by atoms with Gasteiger partial charge in [0.15, 0.2) is 0 Å². The van der Waals surface area contributed by atoms with E-state index in [4.69, 9.17) is 13.9 Å². The standard InChI is InChI=1S/C22H23NO4/c1-25-19-6-4-18(5-7-19)21-10-8-20(27-21)9-11-22(24)26-16-2-3-17-12-14-23-15-13-17/h4-8,10,12-15H,2-3,9,11,16H2,1H3. The molecular formula is C22H23NO4. The second-order valence-electron chi connectivity index (χ2n) is 6.17. The second kappa shape index (κ2) is 9.57. The van der Waals surface area contributed by atoms with E-state index >= 15 is 0 Å². The molecule has 0 atom stereocenters. The van der Waals surface area contributed by atoms with Gasteiger partial charge >= 0.3 is 5.97 Å². The number of benzene rings is 1. The fraction of sp³-hybridized carbons (Fsp3) is 0.273. The first-order valence-corrected chi connectivity index (χ1v) is 9.02. The Morgan fingerprint density at radius 1 is 1.00 bits per heavy atom. The van der Waals surface area contributed by atoms with Crippen LogP contribution in [0.25, 0.3) is 11.3 Å². The third kappa shape index (κ3) is 5.71. The molecule has 3 rings (SSSR count). The molecule has 2 heterocycles. The van der Waals surface area contributed by atoms with Gasteiger partial charge in [-0.15, -0.1) is 0 Å². The SMILES string of the molecule is COc1ccc(-c2ccc(CCC(=O)OCCCc3ccncc3)o2)cc1. The molecule has 5 nitrogen and oxygen atoms in total. The number of methoxy groups -OCH3 is 1. The number of carbonyl (C=O) groups excluding carboxylic acids is 1. The summed E-state index contributed by atoms with van der Waals surface area (Å²) in [5, 5.41) is 0. The van der Waals surface area contributed by atoms with Gasteiger partial charge in [-0.05, 0) is 66.9 Å². The van der Waals surface area contributed by atoms with Gasteiger partial charge in [0.1, 0.15) is 17.3 Å². The Labute approximate surface area is 159 Å². The minimum Gasteiger partial charge on any atom is -0.497 e. The maximum atomic E-state index is 11.9. The molecule has 0 amide bonds. The molecule has 0 aliphatic carbocycles. The molecule has 140 valence electrons. The van der Waals surface area contributed by atoms with E-state index in [0.717, 1.165) is 35.7 Å². The van der Waals surface area contributed by atoms with Gasteiger partial charge in [-0.2, -0.15) is 0 Å². The molecule has 5 heteroatoms. The van der Waals surface area contributed by atoms with E-state index in [9.17, 15) is 4.79 Å². The molecule has 0 unspecified atom stereocenters. The number of furan rings is 1. The highest BCUT2D eigenvalue weighted by molar-refractivity contribution is 5.69. The molecule has 0 fully saturated rings. The van der Waals surface area contributed by atoms with Crippen LogP contribution in [0.2, 0.25) is 0 Å². The van der Waals surface area contributed by atoms with Crippen LogP contribution < -0.4 is 4.74 Å². The van der Waals surface area contributed by atoms with Crippen LogP contribution >= 0.6 is 0 Å². The van der Waals surface area contributed by atoms with E-state index in [0.29, 0.717) is 19.4 Å². The van der Waals surface area contributed by atoms with E-state index in [-0.39, 0.29) is 5.97 Å². The van der Waals surface area contributed by atoms with Gasteiger partial charge < -0.3 is 13.9 Å². The lowest BCUT2D eigenvalue weighted by Gasteiger charge is -2.04. The molecule has 3 aromatic rings. The molecule has 0 spiro atoms. The monoisotopic (exact) mass is 365 g/mol. The first-order chi connectivity index (χ1) is 13.2. The predicted octanol–water partition coefficient (Wildman–Crippen LogP) is 4.46. The lowest BCUT2D eigenvalue weighted by atomic mass is 10.1. The average Bonchev–Trinajstić information content (AvgIpc) is 3.19. The van der Waals surface area contributed by atoms with Crippen molar-refractivity contribution in [2.24, 2.45) is 0 Å². The maximum Gasteiger partial charge on any atom is 0.306 e. The van der Waals surface area contributed by atoms with Crippen molar-refractivity contribution in [1.82, 2.24) is 4.98 Å². The van der Waals surface area contributed by atoms with E-state index < -0.39 is 0 Å². The number of pyridine rings is 1. The average molecular weight is 365 g/mol. The fourth-order valence-corrected chi connectivity index (χ4v) is 2.73.